The number of rotatable bonds is 7. The van der Waals surface area contributed by atoms with E-state index in [4.69, 9.17) is 9.47 Å². The molecule has 0 spiro atoms. The first-order valence-corrected chi connectivity index (χ1v) is 9.55. The fourth-order valence-electron chi connectivity index (χ4n) is 3.50. The summed E-state index contributed by atoms with van der Waals surface area (Å²) in [7, 11) is 3.19. The van der Waals surface area contributed by atoms with E-state index in [1.807, 2.05) is 49.4 Å². The Bertz CT molecular complexity index is 1090. The van der Waals surface area contributed by atoms with Crippen molar-refractivity contribution < 1.29 is 14.3 Å². The maximum Gasteiger partial charge on any atom is 0.252 e. The molecule has 0 bridgehead atoms. The smallest absolute Gasteiger partial charge is 0.252 e. The van der Waals surface area contributed by atoms with Crippen molar-refractivity contribution in [2.75, 3.05) is 20.8 Å². The molecule has 1 N–H and O–H groups in total. The van der Waals surface area contributed by atoms with Gasteiger partial charge in [0, 0.05) is 18.0 Å². The number of nitrogens with zero attached hydrogens (tertiary/aromatic N) is 1. The summed E-state index contributed by atoms with van der Waals surface area (Å²) < 4.78 is 12.1. The summed E-state index contributed by atoms with van der Waals surface area (Å²) in [6, 6.07) is 14.3. The van der Waals surface area contributed by atoms with E-state index in [1.54, 1.807) is 31.8 Å². The van der Waals surface area contributed by atoms with Crippen LogP contribution >= 0.6 is 0 Å². The molecular weight excluding hydrogens is 368 g/mol. The van der Waals surface area contributed by atoms with Crippen LogP contribution in [0, 0.1) is 6.92 Å². The third kappa shape index (κ3) is 4.26. The van der Waals surface area contributed by atoms with Crippen LogP contribution in [0.5, 0.6) is 11.5 Å². The standard InChI is InChI=1S/C23H26N2O4/c1-15-13-22(26)25(19-8-6-5-7-18(15)19)16(2)23(27)24-12-11-17-9-10-20(28-3)21(14-17)29-4/h5-10,13-14,16H,11-12H2,1-4H3,(H,24,27). The van der Waals surface area contributed by atoms with Gasteiger partial charge in [-0.2, -0.15) is 0 Å². The number of aromatic nitrogens is 1. The van der Waals surface area contributed by atoms with Crippen molar-refractivity contribution >= 4 is 16.8 Å². The number of pyridine rings is 1. The highest BCUT2D eigenvalue weighted by Gasteiger charge is 2.18. The molecule has 0 radical (unpaired) electrons. The predicted octanol–water partition coefficient (Wildman–Crippen LogP) is 3.25. The molecule has 0 aliphatic carbocycles. The first-order chi connectivity index (χ1) is 14.0. The second-order valence-electron chi connectivity index (χ2n) is 6.96. The molecule has 152 valence electrons. The largest absolute Gasteiger partial charge is 0.493 e. The van der Waals surface area contributed by atoms with Gasteiger partial charge in [0.2, 0.25) is 5.91 Å². The lowest BCUT2D eigenvalue weighted by molar-refractivity contribution is -0.123. The number of carbonyl (C=O) groups is 1. The quantitative estimate of drug-likeness (QED) is 0.668. The Morgan fingerprint density at radius 1 is 1.07 bits per heavy atom. The number of amides is 1. The number of fused-ring (bicyclic) bond motifs is 1. The van der Waals surface area contributed by atoms with Crippen LogP contribution in [0.1, 0.15) is 24.1 Å². The number of nitrogens with one attached hydrogen (secondary N) is 1. The first kappa shape index (κ1) is 20.5. The van der Waals surface area contributed by atoms with Crippen molar-refractivity contribution in [2.24, 2.45) is 0 Å². The van der Waals surface area contributed by atoms with E-state index in [2.05, 4.69) is 5.32 Å². The lowest BCUT2D eigenvalue weighted by Gasteiger charge is -2.18. The molecule has 29 heavy (non-hydrogen) atoms. The number of para-hydroxylation sites is 1. The Hall–Kier alpha value is -3.28. The molecule has 2 aromatic carbocycles. The molecule has 6 heteroatoms. The van der Waals surface area contributed by atoms with Crippen molar-refractivity contribution in [3.05, 3.63) is 70.0 Å². The van der Waals surface area contributed by atoms with Crippen molar-refractivity contribution in [2.45, 2.75) is 26.3 Å². The van der Waals surface area contributed by atoms with E-state index < -0.39 is 6.04 Å². The molecule has 0 aliphatic rings. The van der Waals surface area contributed by atoms with Crippen LogP contribution in [-0.4, -0.2) is 31.2 Å². The van der Waals surface area contributed by atoms with Crippen molar-refractivity contribution in [1.82, 2.24) is 9.88 Å². The van der Waals surface area contributed by atoms with Crippen molar-refractivity contribution in [3.8, 4) is 11.5 Å². The molecule has 1 amide bonds. The number of benzene rings is 2. The van der Waals surface area contributed by atoms with Gasteiger partial charge in [0.25, 0.3) is 5.56 Å². The lowest BCUT2D eigenvalue weighted by Crippen LogP contribution is -2.36. The van der Waals surface area contributed by atoms with E-state index in [0.717, 1.165) is 22.0 Å². The zero-order chi connectivity index (χ0) is 21.0. The monoisotopic (exact) mass is 394 g/mol. The van der Waals surface area contributed by atoms with E-state index in [1.165, 1.54) is 0 Å². The van der Waals surface area contributed by atoms with Crippen LogP contribution in [0.2, 0.25) is 0 Å². The summed E-state index contributed by atoms with van der Waals surface area (Å²) in [4.78, 5) is 25.3. The third-order valence-corrected chi connectivity index (χ3v) is 5.09. The van der Waals surface area contributed by atoms with Gasteiger partial charge in [-0.15, -0.1) is 0 Å². The minimum absolute atomic E-state index is 0.177. The first-order valence-electron chi connectivity index (χ1n) is 9.55. The number of hydrogen-bond donors (Lipinski definition) is 1. The van der Waals surface area contributed by atoms with Crippen LogP contribution in [0.3, 0.4) is 0 Å². The topological polar surface area (TPSA) is 69.6 Å². The molecule has 1 heterocycles. The summed E-state index contributed by atoms with van der Waals surface area (Å²) in [6.45, 7) is 4.11. The van der Waals surface area contributed by atoms with Crippen LogP contribution in [0.25, 0.3) is 10.9 Å². The SMILES string of the molecule is COc1ccc(CCNC(=O)C(C)n2c(=O)cc(C)c3ccccc32)cc1OC. The molecule has 3 rings (SSSR count). The minimum Gasteiger partial charge on any atom is -0.493 e. The molecule has 1 aromatic heterocycles. The molecule has 1 atom stereocenters. The number of ether oxygens (including phenoxy) is 2. The Kier molecular flexibility index (Phi) is 6.22. The van der Waals surface area contributed by atoms with E-state index in [9.17, 15) is 9.59 Å². The summed E-state index contributed by atoms with van der Waals surface area (Å²) in [5.41, 5.74) is 2.51. The van der Waals surface area contributed by atoms with Crippen molar-refractivity contribution in [3.63, 3.8) is 0 Å². The molecule has 0 aliphatic heterocycles. The van der Waals surface area contributed by atoms with Gasteiger partial charge in [0.05, 0.1) is 19.7 Å². The molecule has 1 unspecified atom stereocenters. The molecule has 3 aromatic rings. The Morgan fingerprint density at radius 2 is 1.79 bits per heavy atom. The lowest BCUT2D eigenvalue weighted by atomic mass is 10.1. The van der Waals surface area contributed by atoms with Gasteiger partial charge in [-0.3, -0.25) is 14.2 Å². The summed E-state index contributed by atoms with van der Waals surface area (Å²) in [5.74, 6) is 1.13. The molecular formula is C23H26N2O4. The zero-order valence-electron chi connectivity index (χ0n) is 17.2. The number of aryl methyl sites for hydroxylation is 1. The summed E-state index contributed by atoms with van der Waals surface area (Å²) in [5, 5.41) is 3.90. The second-order valence-corrected chi connectivity index (χ2v) is 6.96. The maximum atomic E-state index is 12.7. The van der Waals surface area contributed by atoms with Gasteiger partial charge >= 0.3 is 0 Å². The normalized spacial score (nSPS) is 11.9. The molecule has 0 saturated heterocycles. The van der Waals surface area contributed by atoms with Gasteiger partial charge in [-0.1, -0.05) is 24.3 Å². The minimum atomic E-state index is -0.613. The fraction of sp³-hybridized carbons (Fsp3) is 0.304. The van der Waals surface area contributed by atoms with Gasteiger partial charge in [0.15, 0.2) is 11.5 Å². The summed E-state index contributed by atoms with van der Waals surface area (Å²) in [6.07, 6.45) is 0.641. The Morgan fingerprint density at radius 3 is 2.52 bits per heavy atom. The molecule has 0 saturated carbocycles. The van der Waals surface area contributed by atoms with Gasteiger partial charge in [0.1, 0.15) is 6.04 Å². The second kappa shape index (κ2) is 8.82. The van der Waals surface area contributed by atoms with Crippen LogP contribution in [0.4, 0.5) is 0 Å². The van der Waals surface area contributed by atoms with Crippen LogP contribution < -0.4 is 20.3 Å². The third-order valence-electron chi connectivity index (χ3n) is 5.09. The van der Waals surface area contributed by atoms with Crippen molar-refractivity contribution in [1.29, 1.82) is 0 Å². The highest BCUT2D eigenvalue weighted by Crippen LogP contribution is 2.27. The number of hydrogen-bond acceptors (Lipinski definition) is 4. The Labute approximate surface area is 170 Å². The van der Waals surface area contributed by atoms with Gasteiger partial charge in [-0.25, -0.2) is 0 Å². The highest BCUT2D eigenvalue weighted by atomic mass is 16.5. The van der Waals surface area contributed by atoms with E-state index >= 15 is 0 Å². The average Bonchev–Trinajstić information content (AvgIpc) is 2.73. The van der Waals surface area contributed by atoms with E-state index in [0.29, 0.717) is 24.5 Å². The number of carbonyl (C=O) groups excluding carboxylic acids is 1. The van der Waals surface area contributed by atoms with Gasteiger partial charge in [-0.05, 0) is 49.6 Å². The maximum absolute atomic E-state index is 12.7. The fourth-order valence-corrected chi connectivity index (χ4v) is 3.50. The van der Waals surface area contributed by atoms with Crippen LogP contribution in [-0.2, 0) is 11.2 Å². The van der Waals surface area contributed by atoms with E-state index in [-0.39, 0.29) is 11.5 Å². The van der Waals surface area contributed by atoms with Crippen LogP contribution in [0.15, 0.2) is 53.3 Å². The molecule has 0 fully saturated rings. The Balaban J connectivity index is 1.72. The highest BCUT2D eigenvalue weighted by molar-refractivity contribution is 5.86. The predicted molar refractivity (Wildman–Crippen MR) is 114 cm³/mol. The average molecular weight is 394 g/mol. The molecule has 6 nitrogen and oxygen atoms in total. The zero-order valence-corrected chi connectivity index (χ0v) is 17.2. The van der Waals surface area contributed by atoms with Gasteiger partial charge < -0.3 is 14.8 Å². The number of methoxy groups -OCH3 is 2. The summed E-state index contributed by atoms with van der Waals surface area (Å²) >= 11 is 0.